The first-order valence-corrected chi connectivity index (χ1v) is 9.83. The molecular weight excluding hydrogens is 366 g/mol. The number of esters is 1. The van der Waals surface area contributed by atoms with Gasteiger partial charge in [0.2, 0.25) is 0 Å². The van der Waals surface area contributed by atoms with Gasteiger partial charge in [-0.05, 0) is 29.3 Å². The lowest BCUT2D eigenvalue weighted by Gasteiger charge is -2.11. The number of hydrogen-bond acceptors (Lipinski definition) is 5. The van der Waals surface area contributed by atoms with Crippen molar-refractivity contribution in [3.63, 3.8) is 0 Å². The predicted molar refractivity (Wildman–Crippen MR) is 116 cm³/mol. The molecule has 1 aliphatic rings. The summed E-state index contributed by atoms with van der Waals surface area (Å²) in [6.45, 7) is 8.34. The monoisotopic (exact) mass is 395 g/mol. The molecule has 5 heteroatoms. The number of rotatable bonds is 2. The minimum atomic E-state index is -0.481. The highest BCUT2D eigenvalue weighted by molar-refractivity contribution is 6.21. The van der Waals surface area contributed by atoms with E-state index in [-0.39, 0.29) is 12.2 Å². The maximum absolute atomic E-state index is 12.8. The normalized spacial score (nSPS) is 15.5. The Morgan fingerprint density at radius 2 is 1.83 bits per heavy atom. The van der Waals surface area contributed by atoms with Gasteiger partial charge in [-0.2, -0.15) is 0 Å². The zero-order chi connectivity index (χ0) is 21.6. The zero-order valence-electron chi connectivity index (χ0n) is 17.8. The number of nitrogens with zero attached hydrogens (tertiary/aromatic N) is 1. The summed E-state index contributed by atoms with van der Waals surface area (Å²) in [4.78, 5) is 28.8. The first kappa shape index (κ1) is 23.8. The number of methoxy groups -OCH3 is 1. The van der Waals surface area contributed by atoms with Crippen LogP contribution in [-0.2, 0) is 20.7 Å². The molecule has 0 aliphatic carbocycles. The molecule has 2 heterocycles. The molecule has 0 saturated heterocycles. The topological polar surface area (TPSA) is 65.5 Å². The van der Waals surface area contributed by atoms with Gasteiger partial charge >= 0.3 is 5.97 Å². The summed E-state index contributed by atoms with van der Waals surface area (Å²) in [5.41, 5.74) is 2.96. The molecule has 3 rings (SSSR count). The Kier molecular flexibility index (Phi) is 10.7. The number of ether oxygens (including phenoxy) is 2. The van der Waals surface area contributed by atoms with Crippen molar-refractivity contribution in [2.24, 2.45) is 0 Å². The number of benzene rings is 1. The molecule has 0 bridgehead atoms. The quantitative estimate of drug-likeness (QED) is 0.661. The maximum Gasteiger partial charge on any atom is 0.337 e. The van der Waals surface area contributed by atoms with Crippen LogP contribution in [0.15, 0.2) is 54.9 Å². The average Bonchev–Trinajstić information content (AvgIpc) is 2.79. The third kappa shape index (κ3) is 6.71. The Labute approximate surface area is 173 Å². The fraction of sp³-hybridized carbons (Fsp3) is 0.292. The van der Waals surface area contributed by atoms with E-state index >= 15 is 0 Å². The molecule has 0 N–H and O–H groups in total. The molecule has 0 amide bonds. The number of carbonyl (C=O) groups excluding carboxylic acids is 2. The molecule has 0 saturated carbocycles. The zero-order valence-corrected chi connectivity index (χ0v) is 17.8. The molecule has 0 spiro atoms. The van der Waals surface area contributed by atoms with Crippen LogP contribution in [-0.4, -0.2) is 30.5 Å². The van der Waals surface area contributed by atoms with Crippen LogP contribution < -0.4 is 0 Å². The molecule has 1 aliphatic heterocycles. The SMILES string of the molecule is CC.CC.COC(=O)c1ccnc(/C2=C/OC/C=C\c3ccccc3CC2=O)c1. The molecular formula is C24H29NO4. The minimum absolute atomic E-state index is 0.128. The number of hydrogen-bond donors (Lipinski definition) is 0. The van der Waals surface area contributed by atoms with Crippen molar-refractivity contribution in [2.75, 3.05) is 13.7 Å². The van der Waals surface area contributed by atoms with Crippen LogP contribution in [0.25, 0.3) is 11.6 Å². The first-order chi connectivity index (χ1) is 14.2. The number of fused-ring (bicyclic) bond motifs is 1. The van der Waals surface area contributed by atoms with Gasteiger partial charge in [-0.1, -0.05) is 58.0 Å². The number of pyridine rings is 1. The van der Waals surface area contributed by atoms with Crippen molar-refractivity contribution in [2.45, 2.75) is 34.1 Å². The van der Waals surface area contributed by atoms with Crippen LogP contribution >= 0.6 is 0 Å². The summed E-state index contributed by atoms with van der Waals surface area (Å²) in [5.74, 6) is -0.608. The van der Waals surface area contributed by atoms with Crippen LogP contribution in [0.3, 0.4) is 0 Å². The second-order valence-corrected chi connectivity index (χ2v) is 5.49. The van der Waals surface area contributed by atoms with E-state index in [1.54, 1.807) is 6.07 Å². The van der Waals surface area contributed by atoms with Gasteiger partial charge in [0.1, 0.15) is 6.61 Å². The van der Waals surface area contributed by atoms with E-state index in [4.69, 9.17) is 9.47 Å². The predicted octanol–water partition coefficient (Wildman–Crippen LogP) is 5.12. The molecule has 2 aromatic rings. The van der Waals surface area contributed by atoms with E-state index in [0.717, 1.165) is 11.1 Å². The lowest BCUT2D eigenvalue weighted by atomic mass is 9.96. The third-order valence-corrected chi connectivity index (χ3v) is 3.85. The second kappa shape index (κ2) is 13.0. The van der Waals surface area contributed by atoms with Gasteiger partial charge in [0.05, 0.1) is 30.2 Å². The Hall–Kier alpha value is -3.21. The number of Topliss-reactive ketones (excluding diaryl/α,β-unsaturated/α-hetero) is 1. The van der Waals surface area contributed by atoms with Gasteiger partial charge < -0.3 is 9.47 Å². The Morgan fingerprint density at radius 3 is 2.55 bits per heavy atom. The van der Waals surface area contributed by atoms with Crippen molar-refractivity contribution in [3.8, 4) is 0 Å². The van der Waals surface area contributed by atoms with Crippen LogP contribution in [0.2, 0.25) is 0 Å². The Balaban J connectivity index is 0.000000989. The van der Waals surface area contributed by atoms with Crippen molar-refractivity contribution in [1.82, 2.24) is 4.98 Å². The highest BCUT2D eigenvalue weighted by Crippen LogP contribution is 2.21. The fourth-order valence-corrected chi connectivity index (χ4v) is 2.58. The summed E-state index contributed by atoms with van der Waals surface area (Å²) in [6, 6.07) is 10.8. The van der Waals surface area contributed by atoms with Gasteiger partial charge in [0, 0.05) is 12.6 Å². The summed E-state index contributed by atoms with van der Waals surface area (Å²) in [5, 5.41) is 0. The van der Waals surface area contributed by atoms with Gasteiger partial charge in [0.15, 0.2) is 5.78 Å². The lowest BCUT2D eigenvalue weighted by molar-refractivity contribution is -0.113. The smallest absolute Gasteiger partial charge is 0.337 e. The number of aromatic nitrogens is 1. The number of allylic oxidation sites excluding steroid dienone is 1. The van der Waals surface area contributed by atoms with Crippen LogP contribution in [0, 0.1) is 0 Å². The van der Waals surface area contributed by atoms with Crippen LogP contribution in [0.4, 0.5) is 0 Å². The van der Waals surface area contributed by atoms with Crippen molar-refractivity contribution in [3.05, 3.63) is 77.3 Å². The average molecular weight is 395 g/mol. The highest BCUT2D eigenvalue weighted by atomic mass is 16.5. The van der Waals surface area contributed by atoms with Crippen molar-refractivity contribution >= 4 is 23.4 Å². The van der Waals surface area contributed by atoms with E-state index in [9.17, 15) is 9.59 Å². The fourth-order valence-electron chi connectivity index (χ4n) is 2.58. The molecule has 0 fully saturated rings. The summed E-state index contributed by atoms with van der Waals surface area (Å²) < 4.78 is 10.2. The van der Waals surface area contributed by atoms with Crippen molar-refractivity contribution in [1.29, 1.82) is 0 Å². The maximum atomic E-state index is 12.8. The molecule has 29 heavy (non-hydrogen) atoms. The number of carbonyl (C=O) groups is 2. The Morgan fingerprint density at radius 1 is 1.10 bits per heavy atom. The number of ketones is 1. The van der Waals surface area contributed by atoms with E-state index in [0.29, 0.717) is 23.4 Å². The second-order valence-electron chi connectivity index (χ2n) is 5.49. The minimum Gasteiger partial charge on any atom is -0.496 e. The van der Waals surface area contributed by atoms with Gasteiger partial charge in [-0.3, -0.25) is 9.78 Å². The lowest BCUT2D eigenvalue weighted by Crippen LogP contribution is -2.11. The third-order valence-electron chi connectivity index (χ3n) is 3.85. The van der Waals surface area contributed by atoms with E-state index in [1.165, 1.54) is 25.6 Å². The molecule has 0 unspecified atom stereocenters. The molecule has 0 radical (unpaired) electrons. The molecule has 1 aromatic heterocycles. The van der Waals surface area contributed by atoms with E-state index < -0.39 is 5.97 Å². The summed E-state index contributed by atoms with van der Waals surface area (Å²) >= 11 is 0. The van der Waals surface area contributed by atoms with Crippen molar-refractivity contribution < 1.29 is 19.1 Å². The molecule has 154 valence electrons. The summed E-state index contributed by atoms with van der Waals surface area (Å²) in [6.07, 6.45) is 6.94. The Bertz CT molecular complexity index is 869. The molecule has 0 atom stereocenters. The van der Waals surface area contributed by atoms with E-state index in [2.05, 4.69) is 4.98 Å². The van der Waals surface area contributed by atoms with Gasteiger partial charge in [-0.25, -0.2) is 4.79 Å². The van der Waals surface area contributed by atoms with Gasteiger partial charge in [-0.15, -0.1) is 0 Å². The molecule has 1 aromatic carbocycles. The molecule has 5 nitrogen and oxygen atoms in total. The van der Waals surface area contributed by atoms with Crippen LogP contribution in [0.1, 0.15) is 54.9 Å². The largest absolute Gasteiger partial charge is 0.496 e. The van der Waals surface area contributed by atoms with E-state index in [1.807, 2.05) is 64.1 Å². The van der Waals surface area contributed by atoms with Crippen LogP contribution in [0.5, 0.6) is 0 Å². The standard InChI is InChI=1S/C20H17NO4.2C2H6/c1-24-20(23)16-8-9-21-18(11-16)17-13-25-10-4-7-14-5-2-3-6-15(14)12-19(17)22;2*1-2/h2-9,11,13H,10,12H2,1H3;2*1-2H3/b7-4-,17-13-;;. The first-order valence-electron chi connectivity index (χ1n) is 9.83. The highest BCUT2D eigenvalue weighted by Gasteiger charge is 2.18. The van der Waals surface area contributed by atoms with Gasteiger partial charge in [0.25, 0.3) is 0 Å². The summed E-state index contributed by atoms with van der Waals surface area (Å²) in [7, 11) is 1.31.